The highest BCUT2D eigenvalue weighted by molar-refractivity contribution is 7.92. The van der Waals surface area contributed by atoms with Gasteiger partial charge in [-0.2, -0.15) is 5.26 Å². The summed E-state index contributed by atoms with van der Waals surface area (Å²) in [7, 11) is -2.39. The van der Waals surface area contributed by atoms with E-state index in [1.807, 2.05) is 6.07 Å². The number of phenols is 1. The van der Waals surface area contributed by atoms with Crippen molar-refractivity contribution in [3.8, 4) is 17.6 Å². The van der Waals surface area contributed by atoms with Gasteiger partial charge in [0.2, 0.25) is 0 Å². The van der Waals surface area contributed by atoms with E-state index in [4.69, 9.17) is 10.00 Å². The second-order valence-corrected chi connectivity index (χ2v) is 5.81. The SMILES string of the molecule is COc1ccc(NS(=O)(=O)c2ccc(C#N)cc2)cc1O. The molecule has 0 atom stereocenters. The molecule has 0 aliphatic heterocycles. The number of nitrogens with one attached hydrogen (secondary N) is 1. The van der Waals surface area contributed by atoms with Crippen LogP contribution in [0.4, 0.5) is 5.69 Å². The van der Waals surface area contributed by atoms with Crippen molar-refractivity contribution in [2.45, 2.75) is 4.90 Å². The van der Waals surface area contributed by atoms with Gasteiger partial charge >= 0.3 is 0 Å². The Morgan fingerprint density at radius 2 is 1.86 bits per heavy atom. The number of phenolic OH excluding ortho intramolecular Hbond substituents is 1. The summed E-state index contributed by atoms with van der Waals surface area (Å²) >= 11 is 0. The number of benzene rings is 2. The molecule has 0 saturated heterocycles. The molecule has 0 aromatic heterocycles. The molecule has 0 amide bonds. The quantitative estimate of drug-likeness (QED) is 0.900. The van der Waals surface area contributed by atoms with Gasteiger partial charge in [-0.25, -0.2) is 8.42 Å². The standard InChI is InChI=1S/C14H12N2O4S/c1-20-14-7-4-11(8-13(14)17)16-21(18,19)12-5-2-10(9-15)3-6-12/h2-8,16-17H,1H3. The van der Waals surface area contributed by atoms with Crippen LogP contribution in [0.15, 0.2) is 47.4 Å². The number of anilines is 1. The van der Waals surface area contributed by atoms with Crippen molar-refractivity contribution in [1.82, 2.24) is 0 Å². The largest absolute Gasteiger partial charge is 0.504 e. The maximum absolute atomic E-state index is 12.2. The van der Waals surface area contributed by atoms with Gasteiger partial charge in [0, 0.05) is 6.07 Å². The molecule has 2 aromatic carbocycles. The van der Waals surface area contributed by atoms with Crippen molar-refractivity contribution in [3.05, 3.63) is 48.0 Å². The molecule has 0 aliphatic carbocycles. The zero-order chi connectivity index (χ0) is 15.5. The van der Waals surface area contributed by atoms with Crippen molar-refractivity contribution in [3.63, 3.8) is 0 Å². The van der Waals surface area contributed by atoms with Crippen LogP contribution in [-0.4, -0.2) is 20.6 Å². The summed E-state index contributed by atoms with van der Waals surface area (Å²) in [5, 5.41) is 18.3. The number of sulfonamides is 1. The van der Waals surface area contributed by atoms with Crippen molar-refractivity contribution < 1.29 is 18.3 Å². The van der Waals surface area contributed by atoms with Gasteiger partial charge in [0.25, 0.3) is 10.0 Å². The molecule has 21 heavy (non-hydrogen) atoms. The lowest BCUT2D eigenvalue weighted by Crippen LogP contribution is -2.12. The highest BCUT2D eigenvalue weighted by Gasteiger charge is 2.15. The zero-order valence-corrected chi connectivity index (χ0v) is 11.9. The van der Waals surface area contributed by atoms with Crippen LogP contribution in [0, 0.1) is 11.3 Å². The minimum Gasteiger partial charge on any atom is -0.504 e. The smallest absolute Gasteiger partial charge is 0.261 e. The average molecular weight is 304 g/mol. The van der Waals surface area contributed by atoms with Crippen LogP contribution in [0.5, 0.6) is 11.5 Å². The molecule has 0 radical (unpaired) electrons. The van der Waals surface area contributed by atoms with Crippen LogP contribution in [-0.2, 0) is 10.0 Å². The molecule has 7 heteroatoms. The fourth-order valence-electron chi connectivity index (χ4n) is 1.68. The van der Waals surface area contributed by atoms with Gasteiger partial charge in [-0.15, -0.1) is 0 Å². The fraction of sp³-hybridized carbons (Fsp3) is 0.0714. The van der Waals surface area contributed by atoms with Crippen molar-refractivity contribution in [2.24, 2.45) is 0 Å². The average Bonchev–Trinajstić information content (AvgIpc) is 2.47. The first kappa shape index (κ1) is 14.7. The summed E-state index contributed by atoms with van der Waals surface area (Å²) in [6.07, 6.45) is 0. The molecule has 2 aromatic rings. The Morgan fingerprint density at radius 1 is 1.19 bits per heavy atom. The summed E-state index contributed by atoms with van der Waals surface area (Å²) in [5.41, 5.74) is 0.578. The Bertz CT molecular complexity index is 793. The van der Waals surface area contributed by atoms with E-state index in [0.717, 1.165) is 0 Å². The van der Waals surface area contributed by atoms with Gasteiger partial charge in [-0.3, -0.25) is 4.72 Å². The highest BCUT2D eigenvalue weighted by atomic mass is 32.2. The van der Waals surface area contributed by atoms with Gasteiger partial charge in [0.15, 0.2) is 11.5 Å². The minimum absolute atomic E-state index is 0.0248. The Hall–Kier alpha value is -2.72. The van der Waals surface area contributed by atoms with E-state index in [2.05, 4.69) is 4.72 Å². The summed E-state index contributed by atoms with van der Waals surface area (Å²) < 4.78 is 31.5. The number of rotatable bonds is 4. The number of nitriles is 1. The number of nitrogens with zero attached hydrogens (tertiary/aromatic N) is 1. The number of hydrogen-bond donors (Lipinski definition) is 2. The Labute approximate surface area is 122 Å². The van der Waals surface area contributed by atoms with E-state index in [1.165, 1.54) is 49.6 Å². The van der Waals surface area contributed by atoms with Crippen LogP contribution in [0.2, 0.25) is 0 Å². The fourth-order valence-corrected chi connectivity index (χ4v) is 2.73. The molecular formula is C14H12N2O4S. The lowest BCUT2D eigenvalue weighted by molar-refractivity contribution is 0.373. The van der Waals surface area contributed by atoms with Crippen molar-refractivity contribution in [2.75, 3.05) is 11.8 Å². The molecule has 0 fully saturated rings. The van der Waals surface area contributed by atoms with Crippen LogP contribution in [0.1, 0.15) is 5.56 Å². The number of hydrogen-bond acceptors (Lipinski definition) is 5. The summed E-state index contributed by atoms with van der Waals surface area (Å²) in [6, 6.07) is 11.6. The summed E-state index contributed by atoms with van der Waals surface area (Å²) in [4.78, 5) is 0.0248. The van der Waals surface area contributed by atoms with E-state index in [0.29, 0.717) is 5.56 Å². The van der Waals surface area contributed by atoms with E-state index in [1.54, 1.807) is 0 Å². The molecule has 0 heterocycles. The summed E-state index contributed by atoms with van der Waals surface area (Å²) in [6.45, 7) is 0. The molecule has 6 nitrogen and oxygen atoms in total. The molecule has 108 valence electrons. The van der Waals surface area contributed by atoms with Crippen molar-refractivity contribution in [1.29, 1.82) is 5.26 Å². The summed E-state index contributed by atoms with van der Waals surface area (Å²) in [5.74, 6) is 0.0776. The normalized spacial score (nSPS) is 10.7. The Kier molecular flexibility index (Phi) is 4.00. The topological polar surface area (TPSA) is 99.4 Å². The van der Waals surface area contributed by atoms with E-state index in [9.17, 15) is 13.5 Å². The third kappa shape index (κ3) is 3.24. The zero-order valence-electron chi connectivity index (χ0n) is 11.1. The molecule has 0 bridgehead atoms. The maximum atomic E-state index is 12.2. The van der Waals surface area contributed by atoms with E-state index >= 15 is 0 Å². The first-order chi connectivity index (χ1) is 9.96. The second-order valence-electron chi connectivity index (χ2n) is 4.13. The van der Waals surface area contributed by atoms with E-state index < -0.39 is 10.0 Å². The molecular weight excluding hydrogens is 292 g/mol. The third-order valence-corrected chi connectivity index (χ3v) is 4.12. The number of ether oxygens (including phenoxy) is 1. The van der Waals surface area contributed by atoms with Gasteiger partial charge in [0.1, 0.15) is 0 Å². The maximum Gasteiger partial charge on any atom is 0.261 e. The van der Waals surface area contributed by atoms with Crippen molar-refractivity contribution >= 4 is 15.7 Å². The lowest BCUT2D eigenvalue weighted by atomic mass is 10.2. The van der Waals surface area contributed by atoms with Crippen LogP contribution < -0.4 is 9.46 Å². The van der Waals surface area contributed by atoms with Crippen LogP contribution in [0.25, 0.3) is 0 Å². The van der Waals surface area contributed by atoms with Crippen LogP contribution in [0.3, 0.4) is 0 Å². The predicted molar refractivity (Wildman–Crippen MR) is 76.6 cm³/mol. The number of aromatic hydroxyl groups is 1. The first-order valence-electron chi connectivity index (χ1n) is 5.86. The Morgan fingerprint density at radius 3 is 2.38 bits per heavy atom. The molecule has 2 rings (SSSR count). The number of methoxy groups -OCH3 is 1. The molecule has 0 unspecified atom stereocenters. The van der Waals surface area contributed by atoms with Gasteiger partial charge in [-0.05, 0) is 36.4 Å². The van der Waals surface area contributed by atoms with Crippen LogP contribution >= 0.6 is 0 Å². The second kappa shape index (κ2) is 5.73. The monoisotopic (exact) mass is 304 g/mol. The molecule has 2 N–H and O–H groups in total. The first-order valence-corrected chi connectivity index (χ1v) is 7.34. The molecule has 0 spiro atoms. The Balaban J connectivity index is 2.28. The third-order valence-electron chi connectivity index (χ3n) is 2.72. The molecule has 0 aliphatic rings. The minimum atomic E-state index is -3.79. The van der Waals surface area contributed by atoms with Gasteiger partial charge in [-0.1, -0.05) is 0 Å². The van der Waals surface area contributed by atoms with Gasteiger partial charge in [0.05, 0.1) is 29.3 Å². The van der Waals surface area contributed by atoms with Gasteiger partial charge < -0.3 is 9.84 Å². The van der Waals surface area contributed by atoms with E-state index in [-0.39, 0.29) is 22.1 Å². The lowest BCUT2D eigenvalue weighted by Gasteiger charge is -2.10. The molecule has 0 saturated carbocycles. The highest BCUT2D eigenvalue weighted by Crippen LogP contribution is 2.29. The predicted octanol–water partition coefficient (Wildman–Crippen LogP) is 2.07.